The van der Waals surface area contributed by atoms with E-state index < -0.39 is 0 Å². The van der Waals surface area contributed by atoms with E-state index in [4.69, 9.17) is 0 Å². The van der Waals surface area contributed by atoms with Crippen LogP contribution in [0, 0.1) is 0 Å². The van der Waals surface area contributed by atoms with Gasteiger partial charge in [0, 0.05) is 38.4 Å². The van der Waals surface area contributed by atoms with Crippen molar-refractivity contribution in [1.82, 2.24) is 15.1 Å². The molecule has 2 N–H and O–H groups in total. The fourth-order valence-corrected chi connectivity index (χ4v) is 1.97. The fourth-order valence-electron chi connectivity index (χ4n) is 1.97. The molecule has 7 nitrogen and oxygen atoms in total. The highest BCUT2D eigenvalue weighted by Crippen LogP contribution is 2.11. The lowest BCUT2D eigenvalue weighted by Crippen LogP contribution is -2.38. The first-order valence-electron chi connectivity index (χ1n) is 6.63. The summed E-state index contributed by atoms with van der Waals surface area (Å²) in [6, 6.07) is 6.49. The molecule has 0 atom stereocenters. The number of carbonyl (C=O) groups is 3. The van der Waals surface area contributed by atoms with Gasteiger partial charge in [0.15, 0.2) is 0 Å². The van der Waals surface area contributed by atoms with Gasteiger partial charge in [-0.15, -0.1) is 0 Å². The van der Waals surface area contributed by atoms with Gasteiger partial charge in [-0.2, -0.15) is 0 Å². The van der Waals surface area contributed by atoms with E-state index in [1.54, 1.807) is 38.4 Å². The number of anilines is 1. The standard InChI is InChI=1S/C14H18N4O3/c1-17(2)13(20)10-3-5-11(6-4-10)16-9-12(19)18-8-7-15-14(18)21/h3-6,16H,7-9H2,1-2H3,(H,15,21). The number of imide groups is 1. The number of nitrogens with one attached hydrogen (secondary N) is 2. The SMILES string of the molecule is CN(C)C(=O)c1ccc(NCC(=O)N2CCNC2=O)cc1. The zero-order valence-corrected chi connectivity index (χ0v) is 12.0. The molecule has 0 aliphatic carbocycles. The van der Waals surface area contributed by atoms with Gasteiger partial charge in [0.2, 0.25) is 5.91 Å². The molecule has 0 saturated carbocycles. The van der Waals surface area contributed by atoms with Crippen LogP contribution < -0.4 is 10.6 Å². The van der Waals surface area contributed by atoms with E-state index in [1.165, 1.54) is 9.80 Å². The Morgan fingerprint density at radius 3 is 2.48 bits per heavy atom. The molecule has 2 rings (SSSR count). The number of amides is 4. The van der Waals surface area contributed by atoms with Crippen LogP contribution in [0.2, 0.25) is 0 Å². The lowest BCUT2D eigenvalue weighted by atomic mass is 10.2. The van der Waals surface area contributed by atoms with Crippen molar-refractivity contribution in [3.8, 4) is 0 Å². The van der Waals surface area contributed by atoms with Gasteiger partial charge in [0.1, 0.15) is 0 Å². The van der Waals surface area contributed by atoms with E-state index in [0.29, 0.717) is 18.7 Å². The number of benzene rings is 1. The monoisotopic (exact) mass is 290 g/mol. The summed E-state index contributed by atoms with van der Waals surface area (Å²) >= 11 is 0. The average molecular weight is 290 g/mol. The maximum absolute atomic E-state index is 11.8. The molecule has 1 aromatic carbocycles. The lowest BCUT2D eigenvalue weighted by Gasteiger charge is -2.14. The summed E-state index contributed by atoms with van der Waals surface area (Å²) in [5, 5.41) is 5.52. The summed E-state index contributed by atoms with van der Waals surface area (Å²) in [4.78, 5) is 37.6. The quantitative estimate of drug-likeness (QED) is 0.838. The highest BCUT2D eigenvalue weighted by atomic mass is 16.2. The topological polar surface area (TPSA) is 81.8 Å². The van der Waals surface area contributed by atoms with Crippen LogP contribution in [-0.4, -0.2) is 61.4 Å². The van der Waals surface area contributed by atoms with Crippen molar-refractivity contribution in [2.75, 3.05) is 39.0 Å². The Hall–Kier alpha value is -2.57. The van der Waals surface area contributed by atoms with Crippen LogP contribution in [-0.2, 0) is 4.79 Å². The van der Waals surface area contributed by atoms with Gasteiger partial charge >= 0.3 is 6.03 Å². The Labute approximate surface area is 122 Å². The molecular formula is C14H18N4O3. The molecule has 0 bridgehead atoms. The van der Waals surface area contributed by atoms with Crippen LogP contribution in [0.25, 0.3) is 0 Å². The fraction of sp³-hybridized carbons (Fsp3) is 0.357. The molecule has 1 aromatic rings. The summed E-state index contributed by atoms with van der Waals surface area (Å²) in [5.74, 6) is -0.357. The average Bonchev–Trinajstić information content (AvgIpc) is 2.90. The number of hydrogen-bond donors (Lipinski definition) is 2. The zero-order chi connectivity index (χ0) is 15.4. The van der Waals surface area contributed by atoms with Gasteiger partial charge in [-0.3, -0.25) is 14.5 Å². The van der Waals surface area contributed by atoms with Crippen molar-refractivity contribution in [3.63, 3.8) is 0 Å². The van der Waals surface area contributed by atoms with Gasteiger partial charge in [0.25, 0.3) is 5.91 Å². The lowest BCUT2D eigenvalue weighted by molar-refractivity contribution is -0.125. The van der Waals surface area contributed by atoms with Crippen LogP contribution in [0.1, 0.15) is 10.4 Å². The Morgan fingerprint density at radius 1 is 1.29 bits per heavy atom. The van der Waals surface area contributed by atoms with E-state index in [0.717, 1.165) is 5.69 Å². The van der Waals surface area contributed by atoms with E-state index >= 15 is 0 Å². The van der Waals surface area contributed by atoms with Crippen molar-refractivity contribution >= 4 is 23.5 Å². The second-order valence-corrected chi connectivity index (χ2v) is 4.91. The van der Waals surface area contributed by atoms with Crippen molar-refractivity contribution in [3.05, 3.63) is 29.8 Å². The van der Waals surface area contributed by atoms with Crippen LogP contribution in [0.15, 0.2) is 24.3 Å². The van der Waals surface area contributed by atoms with Crippen LogP contribution in [0.4, 0.5) is 10.5 Å². The molecule has 0 unspecified atom stereocenters. The molecule has 112 valence electrons. The minimum absolute atomic E-state index is 0.0361. The van der Waals surface area contributed by atoms with E-state index in [1.807, 2.05) is 0 Å². The summed E-state index contributed by atoms with van der Waals surface area (Å²) < 4.78 is 0. The molecule has 1 saturated heterocycles. The van der Waals surface area contributed by atoms with Crippen LogP contribution >= 0.6 is 0 Å². The first kappa shape index (κ1) is 14.8. The Balaban J connectivity index is 1.90. The normalized spacial score (nSPS) is 13.8. The van der Waals surface area contributed by atoms with E-state index in [9.17, 15) is 14.4 Å². The second kappa shape index (κ2) is 6.25. The molecule has 0 aromatic heterocycles. The summed E-state index contributed by atoms with van der Waals surface area (Å²) in [5.41, 5.74) is 1.30. The maximum Gasteiger partial charge on any atom is 0.324 e. The molecule has 1 aliphatic rings. The van der Waals surface area contributed by atoms with E-state index in [-0.39, 0.29) is 24.4 Å². The molecule has 7 heteroatoms. The Bertz CT molecular complexity index is 554. The van der Waals surface area contributed by atoms with Crippen LogP contribution in [0.5, 0.6) is 0 Å². The molecule has 4 amide bonds. The predicted molar refractivity (Wildman–Crippen MR) is 78.1 cm³/mol. The van der Waals surface area contributed by atoms with Crippen molar-refractivity contribution in [1.29, 1.82) is 0 Å². The van der Waals surface area contributed by atoms with Crippen molar-refractivity contribution in [2.24, 2.45) is 0 Å². The Kier molecular flexibility index (Phi) is 4.42. The number of urea groups is 1. The first-order valence-corrected chi connectivity index (χ1v) is 6.63. The molecule has 1 fully saturated rings. The number of rotatable bonds is 4. The molecule has 0 spiro atoms. The molecule has 1 aliphatic heterocycles. The summed E-state index contributed by atoms with van der Waals surface area (Å²) in [6.07, 6.45) is 0. The second-order valence-electron chi connectivity index (χ2n) is 4.91. The third-order valence-electron chi connectivity index (χ3n) is 3.14. The summed E-state index contributed by atoms with van der Waals surface area (Å²) in [7, 11) is 3.38. The third kappa shape index (κ3) is 3.50. The van der Waals surface area contributed by atoms with Gasteiger partial charge < -0.3 is 15.5 Å². The van der Waals surface area contributed by atoms with Gasteiger partial charge in [-0.05, 0) is 24.3 Å². The van der Waals surface area contributed by atoms with Gasteiger partial charge in [0.05, 0.1) is 6.54 Å². The highest BCUT2D eigenvalue weighted by Gasteiger charge is 2.25. The van der Waals surface area contributed by atoms with Gasteiger partial charge in [-0.1, -0.05) is 0 Å². The molecule has 1 heterocycles. The zero-order valence-electron chi connectivity index (χ0n) is 12.0. The molecular weight excluding hydrogens is 272 g/mol. The smallest absolute Gasteiger partial charge is 0.324 e. The predicted octanol–water partition coefficient (Wildman–Crippen LogP) is 0.352. The highest BCUT2D eigenvalue weighted by molar-refractivity contribution is 5.97. The summed E-state index contributed by atoms with van der Waals surface area (Å²) in [6.45, 7) is 0.927. The minimum atomic E-state index is -0.353. The minimum Gasteiger partial charge on any atom is -0.376 e. The Morgan fingerprint density at radius 2 is 1.95 bits per heavy atom. The van der Waals surface area contributed by atoms with Crippen LogP contribution in [0.3, 0.4) is 0 Å². The van der Waals surface area contributed by atoms with Gasteiger partial charge in [-0.25, -0.2) is 4.79 Å². The number of nitrogens with zero attached hydrogens (tertiary/aromatic N) is 2. The largest absolute Gasteiger partial charge is 0.376 e. The van der Waals surface area contributed by atoms with E-state index in [2.05, 4.69) is 10.6 Å². The number of carbonyl (C=O) groups excluding carboxylic acids is 3. The number of hydrogen-bond acceptors (Lipinski definition) is 4. The third-order valence-corrected chi connectivity index (χ3v) is 3.14. The van der Waals surface area contributed by atoms with Crippen molar-refractivity contribution < 1.29 is 14.4 Å². The molecule has 21 heavy (non-hydrogen) atoms. The molecule has 0 radical (unpaired) electrons. The van der Waals surface area contributed by atoms with Crippen molar-refractivity contribution in [2.45, 2.75) is 0 Å². The maximum atomic E-state index is 11.8. The first-order chi connectivity index (χ1) is 9.99.